The number of nitrogens with zero attached hydrogens (tertiary/aromatic N) is 1. The van der Waals surface area contributed by atoms with Gasteiger partial charge in [0.2, 0.25) is 0 Å². The van der Waals surface area contributed by atoms with E-state index in [0.717, 1.165) is 24.5 Å². The van der Waals surface area contributed by atoms with Gasteiger partial charge >= 0.3 is 0 Å². The molecule has 0 saturated carbocycles. The lowest BCUT2D eigenvalue weighted by Crippen LogP contribution is -2.45. The molecule has 3 nitrogen and oxygen atoms in total. The van der Waals surface area contributed by atoms with E-state index in [1.165, 1.54) is 11.3 Å². The van der Waals surface area contributed by atoms with Gasteiger partial charge in [0.15, 0.2) is 0 Å². The van der Waals surface area contributed by atoms with Crippen LogP contribution >= 0.6 is 11.3 Å². The molecule has 1 saturated heterocycles. The average Bonchev–Trinajstić information content (AvgIpc) is 2.63. The van der Waals surface area contributed by atoms with Crippen LogP contribution in [0, 0.1) is 6.92 Å². The summed E-state index contributed by atoms with van der Waals surface area (Å²) in [6.07, 6.45) is 4.27. The lowest BCUT2D eigenvalue weighted by atomic mass is 9.96. The van der Waals surface area contributed by atoms with Crippen molar-refractivity contribution >= 4 is 11.3 Å². The standard InChI is InChI=1S/C11H18N2OS/c1-9-13-6-10(15-9)7-14-11(2)4-3-5-12-8-11/h6,12H,3-5,7-8H2,1-2H3. The van der Waals surface area contributed by atoms with E-state index in [1.807, 2.05) is 13.1 Å². The van der Waals surface area contributed by atoms with E-state index >= 15 is 0 Å². The van der Waals surface area contributed by atoms with Crippen molar-refractivity contribution in [1.29, 1.82) is 0 Å². The van der Waals surface area contributed by atoms with Crippen LogP contribution in [0.4, 0.5) is 0 Å². The molecule has 0 bridgehead atoms. The highest BCUT2D eigenvalue weighted by Gasteiger charge is 2.27. The molecule has 1 aromatic heterocycles. The minimum atomic E-state index is 0.0101. The Morgan fingerprint density at radius 2 is 2.53 bits per heavy atom. The first-order valence-corrected chi connectivity index (χ1v) is 6.26. The summed E-state index contributed by atoms with van der Waals surface area (Å²) in [5, 5.41) is 4.49. The smallest absolute Gasteiger partial charge is 0.0897 e. The third-order valence-electron chi connectivity index (χ3n) is 2.79. The fourth-order valence-corrected chi connectivity index (χ4v) is 2.58. The van der Waals surface area contributed by atoms with Crippen LogP contribution in [0.2, 0.25) is 0 Å². The van der Waals surface area contributed by atoms with Crippen molar-refractivity contribution in [3.8, 4) is 0 Å². The molecule has 1 fully saturated rings. The number of nitrogens with one attached hydrogen (secondary N) is 1. The third-order valence-corrected chi connectivity index (χ3v) is 3.68. The number of ether oxygens (including phenoxy) is 1. The second kappa shape index (κ2) is 4.60. The van der Waals surface area contributed by atoms with E-state index in [-0.39, 0.29) is 5.60 Å². The van der Waals surface area contributed by atoms with Gasteiger partial charge in [-0.25, -0.2) is 4.98 Å². The van der Waals surface area contributed by atoms with Crippen molar-refractivity contribution in [2.24, 2.45) is 0 Å². The molecular weight excluding hydrogens is 208 g/mol. The lowest BCUT2D eigenvalue weighted by Gasteiger charge is -2.33. The Morgan fingerprint density at radius 3 is 3.13 bits per heavy atom. The van der Waals surface area contributed by atoms with Crippen LogP contribution in [0.25, 0.3) is 0 Å². The van der Waals surface area contributed by atoms with Crippen molar-refractivity contribution in [2.75, 3.05) is 13.1 Å². The fourth-order valence-electron chi connectivity index (χ4n) is 1.87. The summed E-state index contributed by atoms with van der Waals surface area (Å²) in [6, 6.07) is 0. The molecule has 1 aliphatic heterocycles. The summed E-state index contributed by atoms with van der Waals surface area (Å²) in [5.41, 5.74) is 0.0101. The molecule has 1 aromatic rings. The Labute approximate surface area is 94.9 Å². The second-order valence-corrected chi connectivity index (χ2v) is 5.68. The number of aryl methyl sites for hydroxylation is 1. The van der Waals surface area contributed by atoms with Crippen LogP contribution in [0.15, 0.2) is 6.20 Å². The minimum Gasteiger partial charge on any atom is -0.368 e. The van der Waals surface area contributed by atoms with Gasteiger partial charge in [0.05, 0.1) is 22.1 Å². The summed E-state index contributed by atoms with van der Waals surface area (Å²) >= 11 is 1.72. The third kappa shape index (κ3) is 3.00. The zero-order valence-electron chi connectivity index (χ0n) is 9.38. The monoisotopic (exact) mass is 226 g/mol. The van der Waals surface area contributed by atoms with Gasteiger partial charge in [-0.1, -0.05) is 0 Å². The molecule has 0 aromatic carbocycles. The van der Waals surface area contributed by atoms with Crippen LogP contribution in [0.1, 0.15) is 29.7 Å². The van der Waals surface area contributed by atoms with Crippen LogP contribution < -0.4 is 5.32 Å². The van der Waals surface area contributed by atoms with Crippen molar-refractivity contribution in [3.05, 3.63) is 16.1 Å². The average molecular weight is 226 g/mol. The summed E-state index contributed by atoms with van der Waals surface area (Å²) in [5.74, 6) is 0. The molecule has 2 heterocycles. The molecule has 4 heteroatoms. The van der Waals surface area contributed by atoms with E-state index in [1.54, 1.807) is 11.3 Å². The maximum Gasteiger partial charge on any atom is 0.0897 e. The zero-order valence-corrected chi connectivity index (χ0v) is 10.2. The van der Waals surface area contributed by atoms with Crippen molar-refractivity contribution in [1.82, 2.24) is 10.3 Å². The normalized spacial score (nSPS) is 26.8. The molecule has 0 aliphatic carbocycles. The SMILES string of the molecule is Cc1ncc(COC2(C)CCCNC2)s1. The molecule has 1 unspecified atom stereocenters. The van der Waals surface area contributed by atoms with Gasteiger partial charge in [0.25, 0.3) is 0 Å². The Morgan fingerprint density at radius 1 is 1.67 bits per heavy atom. The molecular formula is C11H18N2OS. The molecule has 0 amide bonds. The van der Waals surface area contributed by atoms with Gasteiger partial charge in [-0.3, -0.25) is 0 Å². The summed E-state index contributed by atoms with van der Waals surface area (Å²) in [4.78, 5) is 5.45. The second-order valence-electron chi connectivity index (χ2n) is 4.36. The van der Waals surface area contributed by atoms with Crippen LogP contribution in [-0.2, 0) is 11.3 Å². The Bertz CT molecular complexity index is 318. The number of thiazole rings is 1. The molecule has 0 spiro atoms. The summed E-state index contributed by atoms with van der Waals surface area (Å²) in [7, 11) is 0. The van der Waals surface area contributed by atoms with E-state index < -0.39 is 0 Å². The highest BCUT2D eigenvalue weighted by molar-refractivity contribution is 7.11. The topological polar surface area (TPSA) is 34.1 Å². The number of hydrogen-bond donors (Lipinski definition) is 1. The van der Waals surface area contributed by atoms with Crippen molar-refractivity contribution in [3.63, 3.8) is 0 Å². The molecule has 15 heavy (non-hydrogen) atoms. The van der Waals surface area contributed by atoms with Gasteiger partial charge in [-0.15, -0.1) is 11.3 Å². The highest BCUT2D eigenvalue weighted by Crippen LogP contribution is 2.23. The zero-order chi connectivity index (χ0) is 10.7. The van der Waals surface area contributed by atoms with Crippen LogP contribution in [-0.4, -0.2) is 23.7 Å². The highest BCUT2D eigenvalue weighted by atomic mass is 32.1. The largest absolute Gasteiger partial charge is 0.368 e. The first-order chi connectivity index (χ1) is 7.18. The van der Waals surface area contributed by atoms with E-state index in [9.17, 15) is 0 Å². The van der Waals surface area contributed by atoms with Gasteiger partial charge in [-0.05, 0) is 33.2 Å². The quantitative estimate of drug-likeness (QED) is 0.857. The molecule has 1 aliphatic rings. The first-order valence-electron chi connectivity index (χ1n) is 5.44. The maximum absolute atomic E-state index is 5.98. The molecule has 0 radical (unpaired) electrons. The van der Waals surface area contributed by atoms with Crippen molar-refractivity contribution in [2.45, 2.75) is 38.9 Å². The minimum absolute atomic E-state index is 0.0101. The fraction of sp³-hybridized carbons (Fsp3) is 0.727. The molecule has 1 atom stereocenters. The summed E-state index contributed by atoms with van der Waals surface area (Å²) in [6.45, 7) is 7.00. The predicted octanol–water partition coefficient (Wildman–Crippen LogP) is 2.11. The van der Waals surface area contributed by atoms with Crippen molar-refractivity contribution < 1.29 is 4.74 Å². The lowest BCUT2D eigenvalue weighted by molar-refractivity contribution is -0.0561. The maximum atomic E-state index is 5.98. The molecule has 84 valence electrons. The Balaban J connectivity index is 1.86. The van der Waals surface area contributed by atoms with Gasteiger partial charge < -0.3 is 10.1 Å². The first kappa shape index (κ1) is 11.0. The summed E-state index contributed by atoms with van der Waals surface area (Å²) < 4.78 is 5.98. The molecule has 2 rings (SSSR count). The van der Waals surface area contributed by atoms with E-state index in [2.05, 4.69) is 17.2 Å². The number of piperidine rings is 1. The number of aromatic nitrogens is 1. The van der Waals surface area contributed by atoms with Gasteiger partial charge in [0.1, 0.15) is 0 Å². The number of rotatable bonds is 3. The molecule has 1 N–H and O–H groups in total. The van der Waals surface area contributed by atoms with Crippen LogP contribution in [0.3, 0.4) is 0 Å². The Kier molecular flexibility index (Phi) is 3.38. The predicted molar refractivity (Wildman–Crippen MR) is 62.1 cm³/mol. The van der Waals surface area contributed by atoms with E-state index in [0.29, 0.717) is 6.61 Å². The number of hydrogen-bond acceptors (Lipinski definition) is 4. The van der Waals surface area contributed by atoms with Gasteiger partial charge in [-0.2, -0.15) is 0 Å². The van der Waals surface area contributed by atoms with Gasteiger partial charge in [0, 0.05) is 12.7 Å². The Hall–Kier alpha value is -0.450. The van der Waals surface area contributed by atoms with Crippen LogP contribution in [0.5, 0.6) is 0 Å². The van der Waals surface area contributed by atoms with E-state index in [4.69, 9.17) is 4.74 Å².